The summed E-state index contributed by atoms with van der Waals surface area (Å²) < 4.78 is 15.6. The molecule has 0 spiro atoms. The van der Waals surface area contributed by atoms with Crippen molar-refractivity contribution in [3.8, 4) is 0 Å². The van der Waals surface area contributed by atoms with Crippen LogP contribution in [0.25, 0.3) is 0 Å². The summed E-state index contributed by atoms with van der Waals surface area (Å²) in [7, 11) is 0. The molecule has 0 aliphatic rings. The summed E-state index contributed by atoms with van der Waals surface area (Å²) in [6.07, 6.45) is 2.17. The topological polar surface area (TPSA) is 47.9 Å². The van der Waals surface area contributed by atoms with E-state index in [9.17, 15) is 0 Å². The molecule has 4 heteroatoms. The lowest BCUT2D eigenvalue weighted by Gasteiger charge is -2.10. The third kappa shape index (κ3) is 9.92. The van der Waals surface area contributed by atoms with Gasteiger partial charge in [0, 0.05) is 0 Å². The van der Waals surface area contributed by atoms with E-state index in [1.165, 1.54) is 0 Å². The zero-order chi connectivity index (χ0) is 10.6. The van der Waals surface area contributed by atoms with E-state index in [4.69, 9.17) is 19.3 Å². The van der Waals surface area contributed by atoms with Gasteiger partial charge in [0.15, 0.2) is 0 Å². The summed E-state index contributed by atoms with van der Waals surface area (Å²) in [4.78, 5) is 0. The highest BCUT2D eigenvalue weighted by Crippen LogP contribution is 1.93. The van der Waals surface area contributed by atoms with Crippen LogP contribution >= 0.6 is 0 Å². The van der Waals surface area contributed by atoms with Crippen LogP contribution in [0.3, 0.4) is 0 Å². The van der Waals surface area contributed by atoms with Gasteiger partial charge in [-0.3, -0.25) is 0 Å². The van der Waals surface area contributed by atoms with E-state index in [0.717, 1.165) is 0 Å². The molecule has 0 amide bonds. The maximum absolute atomic E-state index is 8.41. The molecule has 0 aromatic rings. The smallest absolute Gasteiger partial charge is 0.0704 e. The maximum Gasteiger partial charge on any atom is 0.0704 e. The zero-order valence-electron chi connectivity index (χ0n) is 9.07. The van der Waals surface area contributed by atoms with Crippen LogP contribution < -0.4 is 0 Å². The molecule has 4 nitrogen and oxygen atoms in total. The molecule has 0 aromatic carbocycles. The van der Waals surface area contributed by atoms with Crippen LogP contribution in [0.5, 0.6) is 0 Å². The summed E-state index contributed by atoms with van der Waals surface area (Å²) in [6, 6.07) is 0. The van der Waals surface area contributed by atoms with Crippen LogP contribution in [-0.4, -0.2) is 50.9 Å². The number of ether oxygens (including phenoxy) is 3. The minimum Gasteiger partial charge on any atom is -0.394 e. The van der Waals surface area contributed by atoms with Gasteiger partial charge < -0.3 is 19.3 Å². The summed E-state index contributed by atoms with van der Waals surface area (Å²) >= 11 is 0. The highest BCUT2D eigenvalue weighted by atomic mass is 16.5. The summed E-state index contributed by atoms with van der Waals surface area (Å²) in [5, 5.41) is 8.41. The quantitative estimate of drug-likeness (QED) is 0.532. The van der Waals surface area contributed by atoms with E-state index in [1.54, 1.807) is 0 Å². The summed E-state index contributed by atoms with van der Waals surface area (Å²) in [5.41, 5.74) is 0. The Labute approximate surface area is 86.2 Å². The van der Waals surface area contributed by atoms with E-state index in [-0.39, 0.29) is 12.7 Å². The lowest BCUT2D eigenvalue weighted by atomic mass is 10.3. The largest absolute Gasteiger partial charge is 0.394 e. The van der Waals surface area contributed by atoms with Crippen molar-refractivity contribution in [2.24, 2.45) is 0 Å². The SMILES string of the molecule is C[CH]C(C)OCCOCCOCCO. The second-order valence-electron chi connectivity index (χ2n) is 2.86. The monoisotopic (exact) mass is 205 g/mol. The Bertz CT molecular complexity index is 108. The van der Waals surface area contributed by atoms with Crippen LogP contribution in [-0.2, 0) is 14.2 Å². The van der Waals surface area contributed by atoms with Crippen molar-refractivity contribution in [1.82, 2.24) is 0 Å². The summed E-state index contributed by atoms with van der Waals surface area (Å²) in [5.74, 6) is 0. The average molecular weight is 205 g/mol. The second-order valence-corrected chi connectivity index (χ2v) is 2.86. The molecule has 0 bridgehead atoms. The van der Waals surface area contributed by atoms with Gasteiger partial charge in [0.25, 0.3) is 0 Å². The number of hydrogen-bond donors (Lipinski definition) is 1. The van der Waals surface area contributed by atoms with Gasteiger partial charge >= 0.3 is 0 Å². The lowest BCUT2D eigenvalue weighted by Crippen LogP contribution is -2.14. The van der Waals surface area contributed by atoms with Gasteiger partial charge in [-0.25, -0.2) is 0 Å². The van der Waals surface area contributed by atoms with E-state index in [1.807, 2.05) is 20.3 Å². The number of rotatable bonds is 10. The van der Waals surface area contributed by atoms with Crippen molar-refractivity contribution in [1.29, 1.82) is 0 Å². The van der Waals surface area contributed by atoms with Crippen LogP contribution in [0.1, 0.15) is 13.8 Å². The minimum atomic E-state index is 0.0625. The van der Waals surface area contributed by atoms with Crippen LogP contribution in [0, 0.1) is 6.42 Å². The van der Waals surface area contributed by atoms with Crippen LogP contribution in [0.4, 0.5) is 0 Å². The van der Waals surface area contributed by atoms with E-state index in [2.05, 4.69) is 0 Å². The Morgan fingerprint density at radius 2 is 1.64 bits per heavy atom. The van der Waals surface area contributed by atoms with Gasteiger partial charge in [0.1, 0.15) is 0 Å². The fourth-order valence-corrected chi connectivity index (χ4v) is 0.776. The molecule has 1 atom stereocenters. The lowest BCUT2D eigenvalue weighted by molar-refractivity contribution is -0.00311. The molecule has 85 valence electrons. The molecular formula is C10H21O4. The Kier molecular flexibility index (Phi) is 10.8. The Balaban J connectivity index is 2.92. The average Bonchev–Trinajstić information content (AvgIpc) is 2.21. The number of hydrogen-bond acceptors (Lipinski definition) is 4. The van der Waals surface area contributed by atoms with Gasteiger partial charge in [0.05, 0.1) is 45.7 Å². The number of aliphatic hydroxyl groups is 1. The molecule has 0 saturated carbocycles. The first kappa shape index (κ1) is 13.8. The minimum absolute atomic E-state index is 0.0625. The third-order valence-electron chi connectivity index (χ3n) is 1.69. The normalized spacial score (nSPS) is 13.1. The van der Waals surface area contributed by atoms with Crippen molar-refractivity contribution in [3.63, 3.8) is 0 Å². The van der Waals surface area contributed by atoms with Crippen molar-refractivity contribution < 1.29 is 19.3 Å². The van der Waals surface area contributed by atoms with Crippen LogP contribution in [0.15, 0.2) is 0 Å². The molecule has 0 aromatic heterocycles. The van der Waals surface area contributed by atoms with Crippen molar-refractivity contribution in [3.05, 3.63) is 6.42 Å². The Morgan fingerprint density at radius 3 is 2.21 bits per heavy atom. The van der Waals surface area contributed by atoms with Crippen LogP contribution in [0.2, 0.25) is 0 Å². The Hall–Kier alpha value is -0.160. The highest BCUT2D eigenvalue weighted by Gasteiger charge is 1.97. The molecule has 0 saturated heterocycles. The fraction of sp³-hybridized carbons (Fsp3) is 0.900. The highest BCUT2D eigenvalue weighted by molar-refractivity contribution is 4.64. The first-order valence-electron chi connectivity index (χ1n) is 4.98. The van der Waals surface area contributed by atoms with Gasteiger partial charge in [-0.15, -0.1) is 0 Å². The van der Waals surface area contributed by atoms with Crippen molar-refractivity contribution in [2.45, 2.75) is 20.0 Å². The van der Waals surface area contributed by atoms with E-state index < -0.39 is 0 Å². The maximum atomic E-state index is 8.41. The second kappa shape index (κ2) is 10.9. The molecule has 1 N–H and O–H groups in total. The first-order chi connectivity index (χ1) is 6.81. The fourth-order valence-electron chi connectivity index (χ4n) is 0.776. The molecule has 1 unspecified atom stereocenters. The molecule has 0 aliphatic heterocycles. The van der Waals surface area contributed by atoms with E-state index in [0.29, 0.717) is 33.0 Å². The molecule has 0 heterocycles. The van der Waals surface area contributed by atoms with Gasteiger partial charge in [-0.05, 0) is 13.3 Å². The van der Waals surface area contributed by atoms with Gasteiger partial charge in [0.2, 0.25) is 0 Å². The van der Waals surface area contributed by atoms with Gasteiger partial charge in [-0.2, -0.15) is 0 Å². The third-order valence-corrected chi connectivity index (χ3v) is 1.69. The molecule has 0 rings (SSSR count). The van der Waals surface area contributed by atoms with Crippen molar-refractivity contribution in [2.75, 3.05) is 39.6 Å². The molecule has 0 aliphatic carbocycles. The predicted octanol–water partition coefficient (Wildman–Crippen LogP) is 0.641. The zero-order valence-corrected chi connectivity index (χ0v) is 9.07. The number of aliphatic hydroxyl groups excluding tert-OH is 1. The van der Waals surface area contributed by atoms with Gasteiger partial charge in [-0.1, -0.05) is 6.92 Å². The first-order valence-corrected chi connectivity index (χ1v) is 4.98. The Morgan fingerprint density at radius 1 is 1.07 bits per heavy atom. The van der Waals surface area contributed by atoms with E-state index >= 15 is 0 Å². The molecule has 1 radical (unpaired) electrons. The molecule has 0 fully saturated rings. The van der Waals surface area contributed by atoms with Crippen molar-refractivity contribution >= 4 is 0 Å². The standard InChI is InChI=1S/C10H21O4/c1-3-10(2)14-9-8-13-7-6-12-5-4-11/h3,10-11H,4-9H2,1-2H3. The summed E-state index contributed by atoms with van der Waals surface area (Å²) in [6.45, 7) is 6.66. The molecule has 14 heavy (non-hydrogen) atoms. The predicted molar refractivity (Wildman–Crippen MR) is 54.1 cm³/mol. The molecular weight excluding hydrogens is 184 g/mol.